The van der Waals surface area contributed by atoms with Crippen molar-refractivity contribution in [1.29, 1.82) is 0 Å². The van der Waals surface area contributed by atoms with E-state index in [2.05, 4.69) is 35.2 Å². The Labute approximate surface area is 175 Å². The van der Waals surface area contributed by atoms with Crippen LogP contribution in [0.15, 0.2) is 38.7 Å². The normalized spacial score (nSPS) is 12.2. The number of benzene rings is 1. The second-order valence-electron chi connectivity index (χ2n) is 5.84. The van der Waals surface area contributed by atoms with Crippen LogP contribution in [0.5, 0.6) is 12.0 Å². The van der Waals surface area contributed by atoms with Gasteiger partial charge in [0.05, 0.1) is 19.8 Å². The molecule has 0 aliphatic carbocycles. The predicted octanol–water partition coefficient (Wildman–Crippen LogP) is 2.05. The number of aromatic nitrogens is 3. The van der Waals surface area contributed by atoms with E-state index >= 15 is 0 Å². The van der Waals surface area contributed by atoms with Crippen LogP contribution in [0.1, 0.15) is 19.4 Å². The van der Waals surface area contributed by atoms with Crippen molar-refractivity contribution in [2.45, 2.75) is 24.9 Å². The van der Waals surface area contributed by atoms with Gasteiger partial charge in [0.1, 0.15) is 4.90 Å². The minimum Gasteiger partial charge on any atom is -0.467 e. The van der Waals surface area contributed by atoms with E-state index < -0.39 is 32.6 Å². The number of halogens is 3. The van der Waals surface area contributed by atoms with Gasteiger partial charge in [0.2, 0.25) is 11.9 Å². The van der Waals surface area contributed by atoms with E-state index in [1.807, 2.05) is 0 Å². The van der Waals surface area contributed by atoms with Gasteiger partial charge >= 0.3 is 18.2 Å². The molecule has 31 heavy (non-hydrogen) atoms. The van der Waals surface area contributed by atoms with Crippen LogP contribution in [0.4, 0.5) is 19.1 Å². The number of nitrogens with one attached hydrogen (secondary N) is 2. The Morgan fingerprint density at radius 2 is 1.61 bits per heavy atom. The molecule has 0 saturated heterocycles. The Bertz CT molecular complexity index is 1080. The molecule has 0 radical (unpaired) electrons. The number of hydrogen-bond acceptors (Lipinski definition) is 8. The first kappa shape index (κ1) is 23.8. The van der Waals surface area contributed by atoms with E-state index in [-0.39, 0.29) is 18.0 Å². The van der Waals surface area contributed by atoms with Crippen molar-refractivity contribution in [3.63, 3.8) is 0 Å². The quantitative estimate of drug-likeness (QED) is 0.376. The highest BCUT2D eigenvalue weighted by Gasteiger charge is 2.37. The molecule has 0 fully saturated rings. The van der Waals surface area contributed by atoms with Crippen molar-refractivity contribution in [2.24, 2.45) is 9.50 Å². The SMILES string of the molecule is COc1nc(NC(=NS(=O)(=O)c2ccccc2C(F)(F)F)NN=C(C)C)nc(OC)n1. The summed E-state index contributed by atoms with van der Waals surface area (Å²) in [5.41, 5.74) is 1.41. The number of hydrazone groups is 1. The third-order valence-electron chi connectivity index (χ3n) is 3.26. The van der Waals surface area contributed by atoms with Crippen molar-refractivity contribution in [3.8, 4) is 12.0 Å². The van der Waals surface area contributed by atoms with Crippen molar-refractivity contribution >= 4 is 27.6 Å². The number of hydrogen-bond donors (Lipinski definition) is 2. The van der Waals surface area contributed by atoms with Gasteiger partial charge in [0.15, 0.2) is 0 Å². The first-order chi connectivity index (χ1) is 14.5. The topological polar surface area (TPSA) is 140 Å². The zero-order chi connectivity index (χ0) is 23.2. The lowest BCUT2D eigenvalue weighted by molar-refractivity contribution is -0.139. The molecule has 0 aliphatic heterocycles. The van der Waals surface area contributed by atoms with Crippen molar-refractivity contribution < 1.29 is 31.1 Å². The van der Waals surface area contributed by atoms with Crippen LogP contribution in [-0.4, -0.2) is 49.3 Å². The lowest BCUT2D eigenvalue weighted by Crippen LogP contribution is -2.30. The maximum atomic E-state index is 13.3. The van der Waals surface area contributed by atoms with Crippen LogP contribution >= 0.6 is 0 Å². The number of nitrogens with zero attached hydrogens (tertiary/aromatic N) is 5. The van der Waals surface area contributed by atoms with Gasteiger partial charge in [0, 0.05) is 5.71 Å². The van der Waals surface area contributed by atoms with E-state index in [0.717, 1.165) is 18.2 Å². The number of ether oxygens (including phenoxy) is 2. The average Bonchev–Trinajstić information content (AvgIpc) is 2.70. The largest absolute Gasteiger partial charge is 0.467 e. The van der Waals surface area contributed by atoms with Gasteiger partial charge < -0.3 is 9.47 Å². The molecule has 0 bridgehead atoms. The van der Waals surface area contributed by atoms with Crippen LogP contribution in [-0.2, 0) is 16.2 Å². The monoisotopic (exact) mass is 461 g/mol. The fraction of sp³-hybridized carbons (Fsp3) is 0.312. The molecular weight excluding hydrogens is 443 g/mol. The van der Waals surface area contributed by atoms with E-state index in [1.165, 1.54) is 14.2 Å². The predicted molar refractivity (Wildman–Crippen MR) is 105 cm³/mol. The molecule has 0 amide bonds. The lowest BCUT2D eigenvalue weighted by atomic mass is 10.2. The van der Waals surface area contributed by atoms with Crippen LogP contribution in [0, 0.1) is 0 Å². The molecule has 2 aromatic rings. The zero-order valence-electron chi connectivity index (χ0n) is 16.7. The molecule has 0 aliphatic rings. The standard InChI is InChI=1S/C16H18F3N7O4S/c1-9(2)24-25-13(20-12-21-14(29-3)23-15(22-12)30-4)26-31(27,28)11-8-6-5-7-10(11)16(17,18)19/h5-8H,1-4H3,(H2,20,21,22,23,25,26). The number of sulfonamides is 1. The number of rotatable bonds is 6. The highest BCUT2D eigenvalue weighted by Crippen LogP contribution is 2.34. The molecule has 0 spiro atoms. The minimum absolute atomic E-state index is 0.172. The molecule has 0 atom stereocenters. The minimum atomic E-state index is -4.91. The van der Waals surface area contributed by atoms with Crippen LogP contribution in [0.3, 0.4) is 0 Å². The molecule has 1 aromatic heterocycles. The fourth-order valence-corrected chi connectivity index (χ4v) is 3.15. The van der Waals surface area contributed by atoms with Gasteiger partial charge in [-0.25, -0.2) is 5.43 Å². The average molecular weight is 461 g/mol. The van der Waals surface area contributed by atoms with Gasteiger partial charge in [-0.3, -0.25) is 5.32 Å². The molecule has 2 rings (SSSR count). The molecule has 15 heteroatoms. The maximum absolute atomic E-state index is 13.3. The summed E-state index contributed by atoms with van der Waals surface area (Å²) < 4.78 is 78.3. The summed E-state index contributed by atoms with van der Waals surface area (Å²) in [6, 6.07) is 3.30. The lowest BCUT2D eigenvalue weighted by Gasteiger charge is -2.13. The van der Waals surface area contributed by atoms with Gasteiger partial charge in [-0.15, -0.1) is 9.38 Å². The summed E-state index contributed by atoms with van der Waals surface area (Å²) in [6.45, 7) is 3.18. The molecule has 0 unspecified atom stereocenters. The van der Waals surface area contributed by atoms with Gasteiger partial charge in [-0.05, 0) is 26.0 Å². The fourth-order valence-electron chi connectivity index (χ4n) is 2.01. The summed E-state index contributed by atoms with van der Waals surface area (Å²) in [5, 5.41) is 6.23. The van der Waals surface area contributed by atoms with Crippen LogP contribution in [0.2, 0.25) is 0 Å². The smallest absolute Gasteiger partial charge is 0.417 e. The van der Waals surface area contributed by atoms with Crippen LogP contribution in [0.25, 0.3) is 0 Å². The summed E-state index contributed by atoms with van der Waals surface area (Å²) in [6.07, 6.45) is -4.91. The van der Waals surface area contributed by atoms with E-state index in [0.29, 0.717) is 11.8 Å². The summed E-state index contributed by atoms with van der Waals surface area (Å²) in [5.74, 6) is -0.841. The van der Waals surface area contributed by atoms with E-state index in [4.69, 9.17) is 9.47 Å². The summed E-state index contributed by atoms with van der Waals surface area (Å²) in [7, 11) is -2.29. The molecule has 168 valence electrons. The Morgan fingerprint density at radius 3 is 2.13 bits per heavy atom. The Morgan fingerprint density at radius 1 is 1.03 bits per heavy atom. The van der Waals surface area contributed by atoms with Gasteiger partial charge in [-0.1, -0.05) is 12.1 Å². The third-order valence-corrected chi connectivity index (χ3v) is 4.59. The number of anilines is 1. The molecule has 2 N–H and O–H groups in total. The van der Waals surface area contributed by atoms with Crippen molar-refractivity contribution in [2.75, 3.05) is 19.5 Å². The maximum Gasteiger partial charge on any atom is 0.417 e. The van der Waals surface area contributed by atoms with E-state index in [9.17, 15) is 21.6 Å². The molecule has 11 nitrogen and oxygen atoms in total. The molecule has 0 saturated carbocycles. The van der Waals surface area contributed by atoms with Gasteiger partial charge in [-0.2, -0.15) is 36.7 Å². The summed E-state index contributed by atoms with van der Waals surface area (Å²) >= 11 is 0. The van der Waals surface area contributed by atoms with Gasteiger partial charge in [0.25, 0.3) is 10.0 Å². The Kier molecular flexibility index (Phi) is 7.32. The Balaban J connectivity index is 2.55. The number of guanidine groups is 1. The number of methoxy groups -OCH3 is 2. The molecule has 1 heterocycles. The molecular formula is C16H18F3N7O4S. The van der Waals surface area contributed by atoms with E-state index in [1.54, 1.807) is 13.8 Å². The highest BCUT2D eigenvalue weighted by molar-refractivity contribution is 7.90. The van der Waals surface area contributed by atoms with Crippen molar-refractivity contribution in [1.82, 2.24) is 20.4 Å². The second kappa shape index (κ2) is 9.55. The first-order valence-electron chi connectivity index (χ1n) is 8.35. The van der Waals surface area contributed by atoms with Crippen molar-refractivity contribution in [3.05, 3.63) is 29.8 Å². The highest BCUT2D eigenvalue weighted by atomic mass is 32.2. The zero-order valence-corrected chi connectivity index (χ0v) is 17.5. The van der Waals surface area contributed by atoms with Crippen LogP contribution < -0.4 is 20.2 Å². The summed E-state index contributed by atoms with van der Waals surface area (Å²) in [4.78, 5) is 10.4. The second-order valence-corrected chi connectivity index (χ2v) is 7.41. The Hall–Kier alpha value is -3.49. The first-order valence-corrected chi connectivity index (χ1v) is 9.79. The third kappa shape index (κ3) is 6.50. The number of alkyl halides is 3. The molecule has 1 aromatic carbocycles.